The van der Waals surface area contributed by atoms with E-state index in [0.717, 1.165) is 0 Å². The van der Waals surface area contributed by atoms with Gasteiger partial charge in [0, 0.05) is 34.6 Å². The van der Waals surface area contributed by atoms with Gasteiger partial charge in [-0.05, 0) is 56.5 Å². The number of nitrogens with zero attached hydrogens (tertiary/aromatic N) is 2. The predicted octanol–water partition coefficient (Wildman–Crippen LogP) is 3.84. The summed E-state index contributed by atoms with van der Waals surface area (Å²) in [5.41, 5.74) is 0. The van der Waals surface area contributed by atoms with Crippen molar-refractivity contribution in [2.45, 2.75) is 49.3 Å². The predicted molar refractivity (Wildman–Crippen MR) is 144 cm³/mol. The first-order valence-corrected chi connectivity index (χ1v) is 14.6. The molecule has 208 valence electrons. The molecule has 38 heavy (non-hydrogen) atoms. The van der Waals surface area contributed by atoms with Gasteiger partial charge in [0.05, 0.1) is 31.8 Å². The van der Waals surface area contributed by atoms with Gasteiger partial charge in [0.25, 0.3) is 0 Å². The molecule has 2 aromatic carbocycles. The molecule has 0 radical (unpaired) electrons. The fourth-order valence-electron chi connectivity index (χ4n) is 5.32. The maximum Gasteiger partial charge on any atom is 0.244 e. The Labute approximate surface area is 233 Å². The molecule has 0 saturated carbocycles. The van der Waals surface area contributed by atoms with Crippen LogP contribution in [0.15, 0.2) is 41.3 Å². The van der Waals surface area contributed by atoms with Crippen molar-refractivity contribution < 1.29 is 32.5 Å². The van der Waals surface area contributed by atoms with Crippen molar-refractivity contribution in [2.24, 2.45) is 5.92 Å². The summed E-state index contributed by atoms with van der Waals surface area (Å²) in [6, 6.07) is 7.82. The molecule has 0 aliphatic carbocycles. The molecule has 2 fully saturated rings. The van der Waals surface area contributed by atoms with Gasteiger partial charge in [-0.1, -0.05) is 23.2 Å². The summed E-state index contributed by atoms with van der Waals surface area (Å²) in [6.45, 7) is 2.22. The van der Waals surface area contributed by atoms with Crippen LogP contribution < -0.4 is 14.2 Å². The van der Waals surface area contributed by atoms with E-state index in [4.69, 9.17) is 37.4 Å². The molecule has 4 rings (SSSR count). The highest BCUT2D eigenvalue weighted by molar-refractivity contribution is 7.89. The zero-order valence-corrected chi connectivity index (χ0v) is 23.8. The molecule has 2 unspecified atom stereocenters. The van der Waals surface area contributed by atoms with Crippen molar-refractivity contribution in [3.05, 3.63) is 46.4 Å². The third-order valence-electron chi connectivity index (χ3n) is 7.15. The fourth-order valence-corrected chi connectivity index (χ4v) is 7.92. The number of piperidine rings is 1. The molecule has 0 aromatic heterocycles. The molecule has 9 nitrogen and oxygen atoms in total. The van der Waals surface area contributed by atoms with Gasteiger partial charge in [-0.2, -0.15) is 4.31 Å². The molecule has 2 aliphatic heterocycles. The Kier molecular flexibility index (Phi) is 8.99. The number of amides is 1. The number of hydrogen-bond acceptors (Lipinski definition) is 7. The highest BCUT2D eigenvalue weighted by Crippen LogP contribution is 2.39. The number of aliphatic hydroxyl groups excluding tert-OH is 1. The second-order valence-electron chi connectivity index (χ2n) is 9.51. The topological polar surface area (TPSA) is 106 Å². The van der Waals surface area contributed by atoms with E-state index in [1.54, 1.807) is 37.1 Å². The quantitative estimate of drug-likeness (QED) is 0.476. The minimum Gasteiger partial charge on any atom is -0.493 e. The Morgan fingerprint density at radius 2 is 1.74 bits per heavy atom. The third kappa shape index (κ3) is 5.84. The standard InChI is InChI=1S/C26H32Cl2N2O7S/c1-16(31)21-15-29(9-10-37-19-7-8-24(35-2)25(14-19)36-3)26(32)23-6-4-5-22(21)30(23)38(33,34)20-12-17(27)11-18(28)13-20/h7-8,11-14,16,21-23,31H,4-6,9-10,15H2,1-3H3/t16-,21+,22?,23?/m0/s1. The van der Waals surface area contributed by atoms with Crippen LogP contribution in [0.5, 0.6) is 17.2 Å². The van der Waals surface area contributed by atoms with E-state index < -0.39 is 34.1 Å². The number of methoxy groups -OCH3 is 2. The number of rotatable bonds is 9. The Balaban J connectivity index is 1.60. The van der Waals surface area contributed by atoms with E-state index in [1.165, 1.54) is 29.6 Å². The SMILES string of the molecule is COc1ccc(OCCN2C[C@H]([C@H](C)O)C3CCCC(C2=O)N3S(=O)(=O)c2cc(Cl)cc(Cl)c2)cc1OC. The molecule has 2 aliphatic rings. The molecule has 2 aromatic rings. The number of carbonyl (C=O) groups excluding carboxylic acids is 1. The zero-order chi connectivity index (χ0) is 27.6. The molecular weight excluding hydrogens is 555 g/mol. The van der Waals surface area contributed by atoms with Crippen LogP contribution in [0, 0.1) is 5.92 Å². The van der Waals surface area contributed by atoms with Gasteiger partial charge < -0.3 is 24.2 Å². The van der Waals surface area contributed by atoms with Crippen LogP contribution in [0.25, 0.3) is 0 Å². The number of carbonyl (C=O) groups is 1. The van der Waals surface area contributed by atoms with Crippen molar-refractivity contribution in [3.8, 4) is 17.2 Å². The molecule has 2 saturated heterocycles. The highest BCUT2D eigenvalue weighted by Gasteiger charge is 2.51. The van der Waals surface area contributed by atoms with Crippen LogP contribution >= 0.6 is 23.2 Å². The van der Waals surface area contributed by atoms with Gasteiger partial charge in [-0.3, -0.25) is 4.79 Å². The third-order valence-corrected chi connectivity index (χ3v) is 9.50. The Hall–Kier alpha value is -2.24. The van der Waals surface area contributed by atoms with Gasteiger partial charge in [0.2, 0.25) is 15.9 Å². The minimum absolute atomic E-state index is 0.0747. The number of fused-ring (bicyclic) bond motifs is 2. The summed E-state index contributed by atoms with van der Waals surface area (Å²) >= 11 is 12.2. The second kappa shape index (κ2) is 11.9. The Morgan fingerprint density at radius 1 is 1.05 bits per heavy atom. The lowest BCUT2D eigenvalue weighted by molar-refractivity contribution is -0.135. The zero-order valence-electron chi connectivity index (χ0n) is 21.5. The van der Waals surface area contributed by atoms with Gasteiger partial charge >= 0.3 is 0 Å². The Bertz CT molecular complexity index is 1250. The van der Waals surface area contributed by atoms with Gasteiger partial charge in [0.15, 0.2) is 11.5 Å². The van der Waals surface area contributed by atoms with E-state index in [0.29, 0.717) is 36.5 Å². The minimum atomic E-state index is -4.14. The fraction of sp³-hybridized carbons (Fsp3) is 0.500. The monoisotopic (exact) mass is 586 g/mol. The smallest absolute Gasteiger partial charge is 0.244 e. The molecule has 12 heteroatoms. The lowest BCUT2D eigenvalue weighted by Gasteiger charge is -2.41. The summed E-state index contributed by atoms with van der Waals surface area (Å²) < 4.78 is 45.5. The van der Waals surface area contributed by atoms with E-state index in [1.807, 2.05) is 0 Å². The maximum atomic E-state index is 13.9. The van der Waals surface area contributed by atoms with Crippen LogP contribution in [0.4, 0.5) is 0 Å². The molecule has 0 spiro atoms. The van der Waals surface area contributed by atoms with Crippen LogP contribution in [0.3, 0.4) is 0 Å². The number of hydrogen-bond donors (Lipinski definition) is 1. The normalized spacial score (nSPS) is 23.1. The molecule has 2 bridgehead atoms. The van der Waals surface area contributed by atoms with E-state index in [-0.39, 0.29) is 40.5 Å². The summed E-state index contributed by atoms with van der Waals surface area (Å²) in [5.74, 6) is 0.815. The average molecular weight is 588 g/mol. The van der Waals surface area contributed by atoms with Crippen molar-refractivity contribution >= 4 is 39.1 Å². The first kappa shape index (κ1) is 28.8. The maximum absolute atomic E-state index is 13.9. The first-order valence-electron chi connectivity index (χ1n) is 12.4. The number of sulfonamides is 1. The van der Waals surface area contributed by atoms with Crippen LogP contribution in [0.1, 0.15) is 26.2 Å². The molecule has 4 atom stereocenters. The number of aliphatic hydroxyl groups is 1. The number of benzene rings is 2. The average Bonchev–Trinajstić information content (AvgIpc) is 2.95. The number of halogens is 2. The van der Waals surface area contributed by atoms with E-state index >= 15 is 0 Å². The van der Waals surface area contributed by atoms with Crippen molar-refractivity contribution in [1.82, 2.24) is 9.21 Å². The summed E-state index contributed by atoms with van der Waals surface area (Å²) in [4.78, 5) is 15.3. The molecule has 2 heterocycles. The van der Waals surface area contributed by atoms with Gasteiger partial charge in [-0.25, -0.2) is 8.42 Å². The summed E-state index contributed by atoms with van der Waals surface area (Å²) in [6.07, 6.45) is 0.730. The van der Waals surface area contributed by atoms with E-state index in [9.17, 15) is 18.3 Å². The molecule has 1 amide bonds. The van der Waals surface area contributed by atoms with Crippen molar-refractivity contribution in [1.29, 1.82) is 0 Å². The van der Waals surface area contributed by atoms with Crippen molar-refractivity contribution in [2.75, 3.05) is 33.9 Å². The highest BCUT2D eigenvalue weighted by atomic mass is 35.5. The number of ether oxygens (including phenoxy) is 3. The van der Waals surface area contributed by atoms with E-state index in [2.05, 4.69) is 0 Å². The lowest BCUT2D eigenvalue weighted by Crippen LogP contribution is -2.55. The van der Waals surface area contributed by atoms with Crippen LogP contribution in [0.2, 0.25) is 10.0 Å². The summed E-state index contributed by atoms with van der Waals surface area (Å²) in [7, 11) is -1.07. The Morgan fingerprint density at radius 3 is 2.37 bits per heavy atom. The molecule has 1 N–H and O–H groups in total. The van der Waals surface area contributed by atoms with Crippen LogP contribution in [-0.4, -0.2) is 80.7 Å². The van der Waals surface area contributed by atoms with Crippen molar-refractivity contribution in [3.63, 3.8) is 0 Å². The lowest BCUT2D eigenvalue weighted by atomic mass is 9.87. The van der Waals surface area contributed by atoms with Gasteiger partial charge in [-0.15, -0.1) is 0 Å². The van der Waals surface area contributed by atoms with Crippen LogP contribution in [-0.2, 0) is 14.8 Å². The van der Waals surface area contributed by atoms with Gasteiger partial charge in [0.1, 0.15) is 18.4 Å². The second-order valence-corrected chi connectivity index (χ2v) is 12.2. The largest absolute Gasteiger partial charge is 0.493 e. The molecular formula is C26H32Cl2N2O7S. The summed E-state index contributed by atoms with van der Waals surface area (Å²) in [5, 5.41) is 11.1. The first-order chi connectivity index (χ1) is 18.1.